The minimum Gasteiger partial charge on any atom is -0.324 e. The van der Waals surface area contributed by atoms with Gasteiger partial charge in [-0.2, -0.15) is 4.31 Å². The Balaban J connectivity index is 1.61. The fraction of sp³-hybridized carbons (Fsp3) is 0.364. The molecule has 7 nitrogen and oxygen atoms in total. The standard InChI is InChI=1S/C22H24FN3O4S/c1-15(27)26-20-9-8-19(31(29,30)25-10-3-2-4-11-25)12-16(20)13-21(26)22(28)24-18-7-5-6-17(23)14-18/h5-9,12,14,21H,2-4,10-11,13H2,1H3,(H,24,28)/t21-/m0/s1. The fourth-order valence-electron chi connectivity index (χ4n) is 4.23. The van der Waals surface area contributed by atoms with Crippen molar-refractivity contribution in [3.63, 3.8) is 0 Å². The third-order valence-electron chi connectivity index (χ3n) is 5.72. The van der Waals surface area contributed by atoms with Gasteiger partial charge in [-0.15, -0.1) is 0 Å². The number of amides is 2. The van der Waals surface area contributed by atoms with Crippen molar-refractivity contribution < 1.29 is 22.4 Å². The predicted molar refractivity (Wildman–Crippen MR) is 115 cm³/mol. The van der Waals surface area contributed by atoms with E-state index >= 15 is 0 Å². The maximum Gasteiger partial charge on any atom is 0.247 e. The molecule has 1 fully saturated rings. The zero-order valence-electron chi connectivity index (χ0n) is 17.2. The van der Waals surface area contributed by atoms with Crippen LogP contribution >= 0.6 is 0 Å². The van der Waals surface area contributed by atoms with Crippen LogP contribution in [-0.4, -0.2) is 43.7 Å². The second kappa shape index (κ2) is 8.39. The van der Waals surface area contributed by atoms with Crippen molar-refractivity contribution >= 4 is 33.2 Å². The largest absolute Gasteiger partial charge is 0.324 e. The number of fused-ring (bicyclic) bond motifs is 1. The average molecular weight is 446 g/mol. The first kappa shape index (κ1) is 21.5. The smallest absolute Gasteiger partial charge is 0.247 e. The van der Waals surface area contributed by atoms with Gasteiger partial charge in [-0.25, -0.2) is 12.8 Å². The number of nitrogens with zero attached hydrogens (tertiary/aromatic N) is 2. The van der Waals surface area contributed by atoms with Gasteiger partial charge in [0.05, 0.1) is 4.90 Å². The first-order valence-electron chi connectivity index (χ1n) is 10.3. The summed E-state index contributed by atoms with van der Waals surface area (Å²) in [5.41, 5.74) is 1.43. The lowest BCUT2D eigenvalue weighted by atomic mass is 10.1. The highest BCUT2D eigenvalue weighted by molar-refractivity contribution is 7.89. The zero-order valence-corrected chi connectivity index (χ0v) is 18.0. The summed E-state index contributed by atoms with van der Waals surface area (Å²) in [6.45, 7) is 2.35. The molecule has 164 valence electrons. The molecule has 0 spiro atoms. The number of piperidine rings is 1. The Morgan fingerprint density at radius 2 is 1.81 bits per heavy atom. The molecule has 2 aromatic carbocycles. The van der Waals surface area contributed by atoms with Crippen LogP contribution in [0.3, 0.4) is 0 Å². The van der Waals surface area contributed by atoms with Crippen molar-refractivity contribution in [1.82, 2.24) is 4.31 Å². The number of anilines is 2. The highest BCUT2D eigenvalue weighted by Crippen LogP contribution is 2.35. The van der Waals surface area contributed by atoms with Crippen molar-refractivity contribution in [3.8, 4) is 0 Å². The predicted octanol–water partition coefficient (Wildman–Crippen LogP) is 2.92. The Hall–Kier alpha value is -2.78. The third-order valence-corrected chi connectivity index (χ3v) is 7.62. The van der Waals surface area contributed by atoms with Gasteiger partial charge >= 0.3 is 0 Å². The number of hydrogen-bond donors (Lipinski definition) is 1. The molecule has 0 radical (unpaired) electrons. The van der Waals surface area contributed by atoms with Crippen molar-refractivity contribution in [2.24, 2.45) is 0 Å². The van der Waals surface area contributed by atoms with E-state index in [1.54, 1.807) is 18.2 Å². The third kappa shape index (κ3) is 4.20. The normalized spacial score (nSPS) is 19.2. The molecule has 0 saturated carbocycles. The second-order valence-corrected chi connectivity index (χ2v) is 9.80. The number of halogens is 1. The lowest BCUT2D eigenvalue weighted by molar-refractivity contribution is -0.122. The van der Waals surface area contributed by atoms with E-state index in [4.69, 9.17) is 0 Å². The van der Waals surface area contributed by atoms with E-state index in [9.17, 15) is 22.4 Å². The van der Waals surface area contributed by atoms with E-state index in [0.717, 1.165) is 19.3 Å². The maximum atomic E-state index is 13.4. The summed E-state index contributed by atoms with van der Waals surface area (Å²) in [6.07, 6.45) is 2.88. The van der Waals surface area contributed by atoms with Gasteiger partial charge in [-0.1, -0.05) is 12.5 Å². The second-order valence-electron chi connectivity index (χ2n) is 7.86. The highest BCUT2D eigenvalue weighted by atomic mass is 32.2. The number of benzene rings is 2. The molecular formula is C22H24FN3O4S. The maximum absolute atomic E-state index is 13.4. The average Bonchev–Trinajstić information content (AvgIpc) is 3.13. The van der Waals surface area contributed by atoms with Crippen molar-refractivity contribution in [1.29, 1.82) is 0 Å². The molecule has 0 unspecified atom stereocenters. The number of hydrogen-bond acceptors (Lipinski definition) is 4. The molecule has 2 aliphatic heterocycles. The monoisotopic (exact) mass is 445 g/mol. The van der Waals surface area contributed by atoms with Gasteiger partial charge in [0.15, 0.2) is 0 Å². The zero-order chi connectivity index (χ0) is 22.2. The molecule has 1 atom stereocenters. The SMILES string of the molecule is CC(=O)N1c2ccc(S(=O)(=O)N3CCCCC3)cc2C[C@H]1C(=O)Nc1cccc(F)c1. The summed E-state index contributed by atoms with van der Waals surface area (Å²) in [7, 11) is -3.62. The van der Waals surface area contributed by atoms with Gasteiger partial charge in [0.1, 0.15) is 11.9 Å². The molecule has 0 aromatic heterocycles. The first-order valence-corrected chi connectivity index (χ1v) is 11.7. The molecule has 2 aliphatic rings. The van der Waals surface area contributed by atoms with Crippen LogP contribution in [0.25, 0.3) is 0 Å². The van der Waals surface area contributed by atoms with Crippen LogP contribution in [0, 0.1) is 5.82 Å². The number of sulfonamides is 1. The topological polar surface area (TPSA) is 86.8 Å². The molecule has 9 heteroatoms. The van der Waals surface area contributed by atoms with E-state index in [2.05, 4.69) is 5.32 Å². The number of nitrogens with one attached hydrogen (secondary N) is 1. The Labute approximate surface area is 180 Å². The number of rotatable bonds is 4. The van der Waals surface area contributed by atoms with Gasteiger partial charge in [0.25, 0.3) is 0 Å². The fourth-order valence-corrected chi connectivity index (χ4v) is 5.80. The summed E-state index contributed by atoms with van der Waals surface area (Å²) in [5, 5.41) is 2.64. The van der Waals surface area contributed by atoms with Crippen molar-refractivity contribution in [2.75, 3.05) is 23.3 Å². The summed E-state index contributed by atoms with van der Waals surface area (Å²) in [4.78, 5) is 26.7. The van der Waals surface area contributed by atoms with Crippen LogP contribution in [0.2, 0.25) is 0 Å². The van der Waals surface area contributed by atoms with Gasteiger partial charge in [0.2, 0.25) is 21.8 Å². The van der Waals surface area contributed by atoms with Crippen molar-refractivity contribution in [2.45, 2.75) is 43.5 Å². The van der Waals surface area contributed by atoms with Gasteiger partial charge < -0.3 is 5.32 Å². The summed E-state index contributed by atoms with van der Waals surface area (Å²) < 4.78 is 41.0. The Bertz CT molecular complexity index is 1130. The molecule has 31 heavy (non-hydrogen) atoms. The summed E-state index contributed by atoms with van der Waals surface area (Å²) in [6, 6.07) is 9.30. The van der Waals surface area contributed by atoms with Crippen LogP contribution in [0.5, 0.6) is 0 Å². The molecule has 2 aromatic rings. The van der Waals surface area contributed by atoms with E-state index in [1.165, 1.54) is 40.4 Å². The number of carbonyl (C=O) groups excluding carboxylic acids is 2. The van der Waals surface area contributed by atoms with E-state index in [-0.39, 0.29) is 22.9 Å². The lowest BCUT2D eigenvalue weighted by Crippen LogP contribution is -2.44. The Morgan fingerprint density at radius 1 is 1.06 bits per heavy atom. The number of carbonyl (C=O) groups is 2. The van der Waals surface area contributed by atoms with Crippen LogP contribution in [0.15, 0.2) is 47.4 Å². The van der Waals surface area contributed by atoms with Crippen LogP contribution in [0.1, 0.15) is 31.7 Å². The minimum absolute atomic E-state index is 0.169. The quantitative estimate of drug-likeness (QED) is 0.784. The van der Waals surface area contributed by atoms with Crippen LogP contribution in [0.4, 0.5) is 15.8 Å². The van der Waals surface area contributed by atoms with Gasteiger partial charge in [-0.05, 0) is 54.8 Å². The molecule has 0 bridgehead atoms. The first-order chi connectivity index (χ1) is 14.8. The molecular weight excluding hydrogens is 421 g/mol. The van der Waals surface area contributed by atoms with Crippen molar-refractivity contribution in [3.05, 3.63) is 53.8 Å². The summed E-state index contributed by atoms with van der Waals surface area (Å²) >= 11 is 0. The van der Waals surface area contributed by atoms with E-state index < -0.39 is 27.8 Å². The summed E-state index contributed by atoms with van der Waals surface area (Å²) in [5.74, 6) is -1.27. The molecule has 1 N–H and O–H groups in total. The molecule has 2 heterocycles. The Morgan fingerprint density at radius 3 is 2.48 bits per heavy atom. The van der Waals surface area contributed by atoms with E-state index in [1.807, 2.05) is 0 Å². The molecule has 1 saturated heterocycles. The highest BCUT2D eigenvalue weighted by Gasteiger charge is 2.38. The van der Waals surface area contributed by atoms with Crippen LogP contribution < -0.4 is 10.2 Å². The molecule has 0 aliphatic carbocycles. The molecule has 4 rings (SSSR count). The van der Waals surface area contributed by atoms with Gasteiger partial charge in [-0.3, -0.25) is 14.5 Å². The van der Waals surface area contributed by atoms with Gasteiger partial charge in [0, 0.05) is 37.8 Å². The minimum atomic E-state index is -3.62. The Kier molecular flexibility index (Phi) is 5.81. The molecule has 2 amide bonds. The van der Waals surface area contributed by atoms with E-state index in [0.29, 0.717) is 24.3 Å². The lowest BCUT2D eigenvalue weighted by Gasteiger charge is -2.26. The van der Waals surface area contributed by atoms with Crippen LogP contribution in [-0.2, 0) is 26.0 Å².